The maximum absolute atomic E-state index is 12.0. The normalized spacial score (nSPS) is 10.9. The fourth-order valence-corrected chi connectivity index (χ4v) is 2.79. The molecule has 2 aromatic heterocycles. The number of aromatic nitrogens is 2. The lowest BCUT2D eigenvalue weighted by molar-refractivity contribution is -0.121. The van der Waals surface area contributed by atoms with Gasteiger partial charge in [-0.3, -0.25) is 4.79 Å². The van der Waals surface area contributed by atoms with Crippen molar-refractivity contribution in [1.29, 1.82) is 0 Å². The SMILES string of the molecule is Cc1nc2ccccn2c1CCC(=O)NCCc1ccc(O)cc1. The van der Waals surface area contributed by atoms with Crippen molar-refractivity contribution in [1.82, 2.24) is 14.7 Å². The Morgan fingerprint density at radius 2 is 1.96 bits per heavy atom. The number of hydrogen-bond acceptors (Lipinski definition) is 3. The first-order valence-electron chi connectivity index (χ1n) is 8.10. The highest BCUT2D eigenvalue weighted by Crippen LogP contribution is 2.13. The highest BCUT2D eigenvalue weighted by molar-refractivity contribution is 5.76. The quantitative estimate of drug-likeness (QED) is 0.733. The van der Waals surface area contributed by atoms with E-state index in [1.807, 2.05) is 47.9 Å². The van der Waals surface area contributed by atoms with E-state index >= 15 is 0 Å². The Balaban J connectivity index is 1.50. The average molecular weight is 323 g/mol. The van der Waals surface area contributed by atoms with E-state index in [1.165, 1.54) is 0 Å². The van der Waals surface area contributed by atoms with Gasteiger partial charge in [0.25, 0.3) is 0 Å². The first kappa shape index (κ1) is 16.1. The minimum Gasteiger partial charge on any atom is -0.508 e. The zero-order valence-corrected chi connectivity index (χ0v) is 13.7. The van der Waals surface area contributed by atoms with Gasteiger partial charge in [-0.05, 0) is 49.6 Å². The summed E-state index contributed by atoms with van der Waals surface area (Å²) in [5, 5.41) is 12.2. The van der Waals surface area contributed by atoms with E-state index in [2.05, 4.69) is 10.3 Å². The molecule has 3 rings (SSSR count). The second-order valence-electron chi connectivity index (χ2n) is 5.84. The van der Waals surface area contributed by atoms with Crippen molar-refractivity contribution >= 4 is 11.6 Å². The van der Waals surface area contributed by atoms with Crippen LogP contribution in [0.4, 0.5) is 0 Å². The van der Waals surface area contributed by atoms with E-state index in [0.29, 0.717) is 19.4 Å². The summed E-state index contributed by atoms with van der Waals surface area (Å²) in [7, 11) is 0. The van der Waals surface area contributed by atoms with Gasteiger partial charge in [0.05, 0.1) is 5.69 Å². The number of imidazole rings is 1. The summed E-state index contributed by atoms with van der Waals surface area (Å²) in [4.78, 5) is 16.6. The number of nitrogens with one attached hydrogen (secondary N) is 1. The van der Waals surface area contributed by atoms with Gasteiger partial charge in [-0.1, -0.05) is 18.2 Å². The number of aromatic hydroxyl groups is 1. The van der Waals surface area contributed by atoms with Gasteiger partial charge in [-0.15, -0.1) is 0 Å². The number of carbonyl (C=O) groups excluding carboxylic acids is 1. The number of hydrogen-bond donors (Lipinski definition) is 2. The maximum Gasteiger partial charge on any atom is 0.220 e. The molecule has 0 atom stereocenters. The zero-order valence-electron chi connectivity index (χ0n) is 13.7. The molecule has 0 radical (unpaired) electrons. The number of nitrogens with zero attached hydrogens (tertiary/aromatic N) is 2. The summed E-state index contributed by atoms with van der Waals surface area (Å²) < 4.78 is 2.04. The summed E-state index contributed by atoms with van der Waals surface area (Å²) in [6, 6.07) is 12.9. The van der Waals surface area contributed by atoms with E-state index in [1.54, 1.807) is 12.1 Å². The fraction of sp³-hybridized carbons (Fsp3) is 0.263. The van der Waals surface area contributed by atoms with Crippen molar-refractivity contribution in [3.63, 3.8) is 0 Å². The molecule has 5 nitrogen and oxygen atoms in total. The number of benzene rings is 1. The standard InChI is InChI=1S/C19H21N3O2/c1-14-17(22-13-3-2-4-18(22)21-14)9-10-19(24)20-12-11-15-5-7-16(23)8-6-15/h2-8,13,23H,9-12H2,1H3,(H,20,24). The highest BCUT2D eigenvalue weighted by Gasteiger charge is 2.10. The van der Waals surface area contributed by atoms with Crippen LogP contribution in [0.5, 0.6) is 5.75 Å². The molecule has 1 amide bonds. The molecule has 5 heteroatoms. The van der Waals surface area contributed by atoms with E-state index in [4.69, 9.17) is 0 Å². The molecule has 0 aliphatic heterocycles. The molecule has 0 saturated carbocycles. The molecule has 0 spiro atoms. The van der Waals surface area contributed by atoms with Crippen molar-refractivity contribution in [2.45, 2.75) is 26.2 Å². The van der Waals surface area contributed by atoms with Crippen LogP contribution in [0.15, 0.2) is 48.7 Å². The monoisotopic (exact) mass is 323 g/mol. The minimum absolute atomic E-state index is 0.0408. The van der Waals surface area contributed by atoms with Gasteiger partial charge >= 0.3 is 0 Å². The number of amides is 1. The van der Waals surface area contributed by atoms with Gasteiger partial charge in [0.15, 0.2) is 0 Å². The van der Waals surface area contributed by atoms with Gasteiger partial charge in [-0.2, -0.15) is 0 Å². The Morgan fingerprint density at radius 3 is 2.75 bits per heavy atom. The van der Waals surface area contributed by atoms with Crippen LogP contribution in [0.3, 0.4) is 0 Å². The van der Waals surface area contributed by atoms with E-state index in [9.17, 15) is 9.90 Å². The summed E-state index contributed by atoms with van der Waals surface area (Å²) >= 11 is 0. The van der Waals surface area contributed by atoms with Crippen molar-refractivity contribution in [2.24, 2.45) is 0 Å². The molecule has 0 saturated heterocycles. The third kappa shape index (κ3) is 3.74. The summed E-state index contributed by atoms with van der Waals surface area (Å²) in [6.07, 6.45) is 3.84. The lowest BCUT2D eigenvalue weighted by Gasteiger charge is -2.06. The van der Waals surface area contributed by atoms with E-state index in [-0.39, 0.29) is 11.7 Å². The Kier molecular flexibility index (Phi) is 4.79. The second-order valence-corrected chi connectivity index (χ2v) is 5.84. The van der Waals surface area contributed by atoms with Crippen LogP contribution in [0.25, 0.3) is 5.65 Å². The number of rotatable bonds is 6. The van der Waals surface area contributed by atoms with Gasteiger partial charge in [0.2, 0.25) is 5.91 Å². The minimum atomic E-state index is 0.0408. The van der Waals surface area contributed by atoms with Crippen molar-refractivity contribution in [3.05, 3.63) is 65.6 Å². The number of pyridine rings is 1. The van der Waals surface area contributed by atoms with Crippen LogP contribution >= 0.6 is 0 Å². The van der Waals surface area contributed by atoms with Crippen LogP contribution < -0.4 is 5.32 Å². The Morgan fingerprint density at radius 1 is 1.17 bits per heavy atom. The molecule has 0 aliphatic rings. The number of fused-ring (bicyclic) bond motifs is 1. The largest absolute Gasteiger partial charge is 0.508 e. The van der Waals surface area contributed by atoms with Crippen LogP contribution in [-0.4, -0.2) is 26.9 Å². The van der Waals surface area contributed by atoms with Gasteiger partial charge in [-0.25, -0.2) is 4.98 Å². The Hall–Kier alpha value is -2.82. The number of aryl methyl sites for hydroxylation is 2. The van der Waals surface area contributed by atoms with E-state index < -0.39 is 0 Å². The zero-order chi connectivity index (χ0) is 16.9. The van der Waals surface area contributed by atoms with Crippen LogP contribution in [-0.2, 0) is 17.6 Å². The smallest absolute Gasteiger partial charge is 0.220 e. The predicted molar refractivity (Wildman–Crippen MR) is 93.1 cm³/mol. The van der Waals surface area contributed by atoms with Gasteiger partial charge < -0.3 is 14.8 Å². The molecule has 0 aliphatic carbocycles. The average Bonchev–Trinajstić information content (AvgIpc) is 2.90. The third-order valence-corrected chi connectivity index (χ3v) is 4.09. The second kappa shape index (κ2) is 7.17. The Bertz CT molecular complexity index is 837. The molecule has 24 heavy (non-hydrogen) atoms. The van der Waals surface area contributed by atoms with Crippen molar-refractivity contribution < 1.29 is 9.90 Å². The number of carbonyl (C=O) groups is 1. The van der Waals surface area contributed by atoms with Crippen molar-refractivity contribution in [3.8, 4) is 5.75 Å². The molecule has 0 unspecified atom stereocenters. The van der Waals surface area contributed by atoms with Crippen LogP contribution in [0, 0.1) is 6.92 Å². The molecule has 2 N–H and O–H groups in total. The van der Waals surface area contributed by atoms with Crippen LogP contribution in [0.2, 0.25) is 0 Å². The molecule has 1 aromatic carbocycles. The summed E-state index contributed by atoms with van der Waals surface area (Å²) in [5.74, 6) is 0.297. The topological polar surface area (TPSA) is 66.6 Å². The molecule has 0 bridgehead atoms. The highest BCUT2D eigenvalue weighted by atomic mass is 16.3. The first-order valence-corrected chi connectivity index (χ1v) is 8.10. The molecule has 2 heterocycles. The fourth-order valence-electron chi connectivity index (χ4n) is 2.79. The molecular weight excluding hydrogens is 302 g/mol. The lowest BCUT2D eigenvalue weighted by Crippen LogP contribution is -2.26. The number of phenolic OH excluding ortho intramolecular Hbond substituents is 1. The third-order valence-electron chi connectivity index (χ3n) is 4.09. The molecule has 3 aromatic rings. The molecule has 0 fully saturated rings. The van der Waals surface area contributed by atoms with Crippen molar-refractivity contribution in [2.75, 3.05) is 6.54 Å². The first-order chi connectivity index (χ1) is 11.6. The molecule has 124 valence electrons. The maximum atomic E-state index is 12.0. The summed E-state index contributed by atoms with van der Waals surface area (Å²) in [6.45, 7) is 2.57. The Labute approximate surface area is 141 Å². The summed E-state index contributed by atoms with van der Waals surface area (Å²) in [5.41, 5.74) is 4.06. The predicted octanol–water partition coefficient (Wildman–Crippen LogP) is 2.64. The van der Waals surface area contributed by atoms with Crippen LogP contribution in [0.1, 0.15) is 23.4 Å². The van der Waals surface area contributed by atoms with Gasteiger partial charge in [0, 0.05) is 24.9 Å². The molecular formula is C19H21N3O2. The van der Waals surface area contributed by atoms with Gasteiger partial charge in [0.1, 0.15) is 11.4 Å². The van der Waals surface area contributed by atoms with E-state index in [0.717, 1.165) is 29.0 Å². The number of phenols is 1. The lowest BCUT2D eigenvalue weighted by atomic mass is 10.1.